The SMILES string of the molecule is C(=Cc1cccc2ccc(-c3cccc4cccnc34)cc12)c1ccccn1. The van der Waals surface area contributed by atoms with E-state index in [-0.39, 0.29) is 0 Å². The molecule has 0 aliphatic rings. The molecule has 2 nitrogen and oxygen atoms in total. The number of rotatable bonds is 3. The molecule has 2 heterocycles. The highest BCUT2D eigenvalue weighted by molar-refractivity contribution is 5.99. The zero-order valence-corrected chi connectivity index (χ0v) is 15.3. The van der Waals surface area contributed by atoms with Crippen molar-refractivity contribution < 1.29 is 0 Å². The first-order valence-corrected chi connectivity index (χ1v) is 9.34. The molecular formula is C26H18N2. The second kappa shape index (κ2) is 7.09. The number of pyridine rings is 2. The van der Waals surface area contributed by atoms with Crippen LogP contribution >= 0.6 is 0 Å². The highest BCUT2D eigenvalue weighted by Gasteiger charge is 2.07. The topological polar surface area (TPSA) is 25.8 Å². The normalized spacial score (nSPS) is 11.4. The Morgan fingerprint density at radius 1 is 0.607 bits per heavy atom. The largest absolute Gasteiger partial charge is 0.257 e. The number of nitrogens with zero attached hydrogens (tertiary/aromatic N) is 2. The van der Waals surface area contributed by atoms with Crippen molar-refractivity contribution in [1.29, 1.82) is 0 Å². The van der Waals surface area contributed by atoms with Crippen molar-refractivity contribution in [1.82, 2.24) is 9.97 Å². The maximum atomic E-state index is 4.61. The van der Waals surface area contributed by atoms with Gasteiger partial charge in [0.05, 0.1) is 11.2 Å². The summed E-state index contributed by atoms with van der Waals surface area (Å²) in [7, 11) is 0. The van der Waals surface area contributed by atoms with Crippen molar-refractivity contribution >= 4 is 33.8 Å². The molecule has 0 saturated carbocycles. The monoisotopic (exact) mass is 358 g/mol. The van der Waals surface area contributed by atoms with E-state index < -0.39 is 0 Å². The molecule has 0 fully saturated rings. The van der Waals surface area contributed by atoms with Gasteiger partial charge in [-0.3, -0.25) is 9.97 Å². The fourth-order valence-electron chi connectivity index (χ4n) is 3.60. The summed E-state index contributed by atoms with van der Waals surface area (Å²) in [4.78, 5) is 8.99. The molecule has 0 aliphatic carbocycles. The summed E-state index contributed by atoms with van der Waals surface area (Å²) < 4.78 is 0. The van der Waals surface area contributed by atoms with Crippen molar-refractivity contribution in [2.75, 3.05) is 0 Å². The number of fused-ring (bicyclic) bond motifs is 2. The Labute approximate surface area is 163 Å². The lowest BCUT2D eigenvalue weighted by atomic mass is 9.96. The zero-order valence-electron chi connectivity index (χ0n) is 15.3. The fraction of sp³-hybridized carbons (Fsp3) is 0. The van der Waals surface area contributed by atoms with Crippen LogP contribution in [0.2, 0.25) is 0 Å². The van der Waals surface area contributed by atoms with Crippen LogP contribution in [-0.4, -0.2) is 9.97 Å². The number of para-hydroxylation sites is 1. The lowest BCUT2D eigenvalue weighted by molar-refractivity contribution is 1.30. The third-order valence-corrected chi connectivity index (χ3v) is 4.98. The van der Waals surface area contributed by atoms with Gasteiger partial charge in [0.1, 0.15) is 0 Å². The van der Waals surface area contributed by atoms with E-state index in [1.165, 1.54) is 21.9 Å². The number of benzene rings is 3. The summed E-state index contributed by atoms with van der Waals surface area (Å²) in [6.45, 7) is 0. The molecule has 0 unspecified atom stereocenters. The third kappa shape index (κ3) is 3.06. The van der Waals surface area contributed by atoms with Gasteiger partial charge in [-0.1, -0.05) is 66.7 Å². The molecule has 3 aromatic carbocycles. The molecule has 2 aromatic heterocycles. The fourth-order valence-corrected chi connectivity index (χ4v) is 3.60. The molecule has 28 heavy (non-hydrogen) atoms. The van der Waals surface area contributed by atoms with Crippen LogP contribution in [0.5, 0.6) is 0 Å². The maximum absolute atomic E-state index is 4.61. The molecule has 0 N–H and O–H groups in total. The minimum absolute atomic E-state index is 0.953. The highest BCUT2D eigenvalue weighted by atomic mass is 14.7. The predicted octanol–water partition coefficient (Wildman–Crippen LogP) is 6.62. The van der Waals surface area contributed by atoms with E-state index in [0.717, 1.165) is 22.2 Å². The Kier molecular flexibility index (Phi) is 4.15. The first-order valence-electron chi connectivity index (χ1n) is 9.34. The van der Waals surface area contributed by atoms with Crippen molar-refractivity contribution in [2.24, 2.45) is 0 Å². The van der Waals surface area contributed by atoms with Crippen LogP contribution in [0.4, 0.5) is 0 Å². The van der Waals surface area contributed by atoms with Crippen molar-refractivity contribution in [3.8, 4) is 11.1 Å². The van der Waals surface area contributed by atoms with Crippen LogP contribution in [0, 0.1) is 0 Å². The summed E-state index contributed by atoms with van der Waals surface area (Å²) >= 11 is 0. The van der Waals surface area contributed by atoms with Gasteiger partial charge in [0.15, 0.2) is 0 Å². The van der Waals surface area contributed by atoms with Crippen LogP contribution < -0.4 is 0 Å². The minimum atomic E-state index is 0.953. The van der Waals surface area contributed by atoms with E-state index in [0.29, 0.717) is 0 Å². The van der Waals surface area contributed by atoms with Gasteiger partial charge in [0.25, 0.3) is 0 Å². The van der Waals surface area contributed by atoms with Crippen LogP contribution in [0.1, 0.15) is 11.3 Å². The van der Waals surface area contributed by atoms with Crippen LogP contribution in [0.25, 0.3) is 45.0 Å². The Balaban J connectivity index is 1.65. The van der Waals surface area contributed by atoms with Gasteiger partial charge in [-0.25, -0.2) is 0 Å². The van der Waals surface area contributed by atoms with E-state index in [4.69, 9.17) is 0 Å². The van der Waals surface area contributed by atoms with Crippen molar-refractivity contribution in [2.45, 2.75) is 0 Å². The molecule has 0 radical (unpaired) electrons. The lowest BCUT2D eigenvalue weighted by Gasteiger charge is -2.09. The Morgan fingerprint density at radius 3 is 2.39 bits per heavy atom. The zero-order chi connectivity index (χ0) is 18.8. The van der Waals surface area contributed by atoms with Gasteiger partial charge in [0.2, 0.25) is 0 Å². The van der Waals surface area contributed by atoms with Crippen molar-refractivity contribution in [3.05, 3.63) is 109 Å². The molecule has 0 atom stereocenters. The summed E-state index contributed by atoms with van der Waals surface area (Å²) in [6, 6.07) is 29.4. The van der Waals surface area contributed by atoms with E-state index >= 15 is 0 Å². The average molecular weight is 358 g/mol. The Morgan fingerprint density at radius 2 is 1.46 bits per heavy atom. The first kappa shape index (κ1) is 16.4. The lowest BCUT2D eigenvalue weighted by Crippen LogP contribution is -1.86. The van der Waals surface area contributed by atoms with E-state index in [1.807, 2.05) is 36.7 Å². The average Bonchev–Trinajstić information content (AvgIpc) is 2.77. The summed E-state index contributed by atoms with van der Waals surface area (Å²) in [5.41, 5.74) is 5.50. The smallest absolute Gasteiger partial charge is 0.0780 e. The molecule has 0 amide bonds. The summed E-state index contributed by atoms with van der Waals surface area (Å²) in [5.74, 6) is 0. The minimum Gasteiger partial charge on any atom is -0.257 e. The molecule has 0 saturated heterocycles. The molecule has 5 aromatic rings. The second-order valence-corrected chi connectivity index (χ2v) is 6.75. The molecule has 0 aliphatic heterocycles. The van der Waals surface area contributed by atoms with Gasteiger partial charge in [-0.15, -0.1) is 0 Å². The Hall–Kier alpha value is -3.78. The molecule has 2 heteroatoms. The quantitative estimate of drug-likeness (QED) is 0.362. The van der Waals surface area contributed by atoms with Gasteiger partial charge >= 0.3 is 0 Å². The maximum Gasteiger partial charge on any atom is 0.0780 e. The molecule has 0 spiro atoms. The molecule has 5 rings (SSSR count). The van der Waals surface area contributed by atoms with Crippen LogP contribution in [-0.2, 0) is 0 Å². The van der Waals surface area contributed by atoms with E-state index in [2.05, 4.69) is 82.8 Å². The van der Waals surface area contributed by atoms with Crippen LogP contribution in [0.3, 0.4) is 0 Å². The highest BCUT2D eigenvalue weighted by Crippen LogP contribution is 2.31. The Bertz CT molecular complexity index is 1300. The number of aromatic nitrogens is 2. The third-order valence-electron chi connectivity index (χ3n) is 4.98. The van der Waals surface area contributed by atoms with Crippen molar-refractivity contribution in [3.63, 3.8) is 0 Å². The second-order valence-electron chi connectivity index (χ2n) is 6.75. The first-order chi connectivity index (χ1) is 13.9. The molecule has 132 valence electrons. The van der Waals surface area contributed by atoms with E-state index in [9.17, 15) is 0 Å². The molecular weight excluding hydrogens is 340 g/mol. The van der Waals surface area contributed by atoms with Crippen LogP contribution in [0.15, 0.2) is 97.3 Å². The summed E-state index contributed by atoms with van der Waals surface area (Å²) in [6.07, 6.45) is 7.86. The summed E-state index contributed by atoms with van der Waals surface area (Å²) in [5, 5.41) is 3.60. The number of hydrogen-bond donors (Lipinski definition) is 0. The predicted molar refractivity (Wildman–Crippen MR) is 118 cm³/mol. The van der Waals surface area contributed by atoms with Gasteiger partial charge in [-0.05, 0) is 52.2 Å². The van der Waals surface area contributed by atoms with Gasteiger partial charge < -0.3 is 0 Å². The molecule has 0 bridgehead atoms. The number of hydrogen-bond acceptors (Lipinski definition) is 2. The standard InChI is InChI=1S/C26H18N2/c1-2-16-27-23(10-1)15-14-20-7-3-6-19-12-13-22(18-25(19)20)24-11-4-8-21-9-5-17-28-26(21)24/h1-18H. The van der Waals surface area contributed by atoms with Gasteiger partial charge in [-0.2, -0.15) is 0 Å². The van der Waals surface area contributed by atoms with E-state index in [1.54, 1.807) is 0 Å². The van der Waals surface area contributed by atoms with Gasteiger partial charge in [0, 0.05) is 23.3 Å².